The second-order valence-corrected chi connectivity index (χ2v) is 5.33. The van der Waals surface area contributed by atoms with Crippen molar-refractivity contribution in [3.63, 3.8) is 0 Å². The summed E-state index contributed by atoms with van der Waals surface area (Å²) in [6.45, 7) is 1.86. The van der Waals surface area contributed by atoms with Gasteiger partial charge in [0.25, 0.3) is 0 Å². The molecule has 1 aromatic rings. The molecule has 1 fully saturated rings. The number of alkyl halides is 1. The number of rotatable bonds is 2. The quantitative estimate of drug-likeness (QED) is 0.739. The van der Waals surface area contributed by atoms with Crippen LogP contribution in [-0.2, 0) is 4.74 Å². The van der Waals surface area contributed by atoms with Crippen molar-refractivity contribution in [2.45, 2.75) is 17.7 Å². The summed E-state index contributed by atoms with van der Waals surface area (Å²) >= 11 is 5.62. The van der Waals surface area contributed by atoms with Crippen LogP contribution in [0.2, 0.25) is 0 Å². The fourth-order valence-electron chi connectivity index (χ4n) is 1.69. The van der Waals surface area contributed by atoms with E-state index in [9.17, 15) is 0 Å². The van der Waals surface area contributed by atoms with Crippen LogP contribution < -0.4 is 0 Å². The Labute approximate surface area is 91.2 Å². The lowest BCUT2D eigenvalue weighted by Crippen LogP contribution is -2.18. The molecule has 1 nitrogen and oxygen atoms in total. The van der Waals surface area contributed by atoms with Crippen molar-refractivity contribution in [1.82, 2.24) is 0 Å². The molecule has 1 atom stereocenters. The number of ether oxygens (including phenoxy) is 1. The molecule has 3 heteroatoms. The van der Waals surface area contributed by atoms with Crippen LogP contribution in [0.15, 0.2) is 17.5 Å². The fourth-order valence-corrected chi connectivity index (χ4v) is 3.49. The van der Waals surface area contributed by atoms with Crippen LogP contribution in [0.1, 0.15) is 22.5 Å². The van der Waals surface area contributed by atoms with Crippen molar-refractivity contribution in [2.24, 2.45) is 5.92 Å². The first kappa shape index (κ1) is 9.69. The maximum absolute atomic E-state index is 5.35. The molecule has 1 aliphatic rings. The van der Waals surface area contributed by atoms with E-state index in [-0.39, 0.29) is 0 Å². The molecule has 1 aliphatic heterocycles. The first-order valence-electron chi connectivity index (χ1n) is 4.63. The normalized spacial score (nSPS) is 21.6. The van der Waals surface area contributed by atoms with E-state index < -0.39 is 0 Å². The molecular formula is C10H13BrOS. The molecule has 0 amide bonds. The number of thiophene rings is 1. The Morgan fingerprint density at radius 3 is 2.85 bits per heavy atom. The van der Waals surface area contributed by atoms with Crippen LogP contribution in [0.25, 0.3) is 0 Å². The summed E-state index contributed by atoms with van der Waals surface area (Å²) in [5, 5.41) is 2.14. The van der Waals surface area contributed by atoms with E-state index in [1.54, 1.807) is 0 Å². The van der Waals surface area contributed by atoms with Gasteiger partial charge in [-0.05, 0) is 30.2 Å². The minimum Gasteiger partial charge on any atom is -0.381 e. The van der Waals surface area contributed by atoms with E-state index in [0.717, 1.165) is 19.1 Å². The molecule has 0 N–H and O–H groups in total. The lowest BCUT2D eigenvalue weighted by molar-refractivity contribution is 0.0664. The monoisotopic (exact) mass is 260 g/mol. The zero-order valence-corrected chi connectivity index (χ0v) is 9.81. The Hall–Kier alpha value is 0.140. The first-order chi connectivity index (χ1) is 6.38. The van der Waals surface area contributed by atoms with Gasteiger partial charge < -0.3 is 4.74 Å². The average molecular weight is 261 g/mol. The summed E-state index contributed by atoms with van der Waals surface area (Å²) in [7, 11) is 0. The highest BCUT2D eigenvalue weighted by Gasteiger charge is 2.23. The minimum atomic E-state index is 0.538. The van der Waals surface area contributed by atoms with Crippen LogP contribution >= 0.6 is 27.3 Å². The Morgan fingerprint density at radius 1 is 1.46 bits per heavy atom. The van der Waals surface area contributed by atoms with Crippen molar-refractivity contribution >= 4 is 27.3 Å². The largest absolute Gasteiger partial charge is 0.381 e. The third kappa shape index (κ3) is 2.33. The Morgan fingerprint density at radius 2 is 2.23 bits per heavy atom. The minimum absolute atomic E-state index is 0.538. The smallest absolute Gasteiger partial charge is 0.0519 e. The van der Waals surface area contributed by atoms with E-state index in [1.165, 1.54) is 17.7 Å². The van der Waals surface area contributed by atoms with Gasteiger partial charge in [-0.1, -0.05) is 22.0 Å². The van der Waals surface area contributed by atoms with Gasteiger partial charge in [-0.15, -0.1) is 11.3 Å². The van der Waals surface area contributed by atoms with E-state index in [1.807, 2.05) is 11.3 Å². The summed E-state index contributed by atoms with van der Waals surface area (Å²) in [5.41, 5.74) is 0. The van der Waals surface area contributed by atoms with Crippen LogP contribution in [0.3, 0.4) is 0 Å². The topological polar surface area (TPSA) is 9.23 Å². The molecule has 1 saturated heterocycles. The molecule has 2 rings (SSSR count). The number of halogens is 1. The van der Waals surface area contributed by atoms with Crippen molar-refractivity contribution < 1.29 is 4.74 Å². The highest BCUT2D eigenvalue weighted by atomic mass is 79.9. The predicted molar refractivity (Wildman–Crippen MR) is 59.5 cm³/mol. The fraction of sp³-hybridized carbons (Fsp3) is 0.600. The second kappa shape index (κ2) is 4.58. The van der Waals surface area contributed by atoms with Gasteiger partial charge in [-0.25, -0.2) is 0 Å². The molecule has 1 aromatic heterocycles. The Bertz CT molecular complexity index is 241. The third-order valence-electron chi connectivity index (χ3n) is 2.49. The Balaban J connectivity index is 1.99. The van der Waals surface area contributed by atoms with E-state index in [0.29, 0.717) is 4.83 Å². The van der Waals surface area contributed by atoms with Crippen molar-refractivity contribution in [1.29, 1.82) is 0 Å². The SMILES string of the molecule is BrC(c1cccs1)C1CCOCC1. The van der Waals surface area contributed by atoms with Gasteiger partial charge in [0.15, 0.2) is 0 Å². The van der Waals surface area contributed by atoms with Gasteiger partial charge in [0.05, 0.1) is 4.83 Å². The van der Waals surface area contributed by atoms with E-state index in [2.05, 4.69) is 33.4 Å². The molecule has 2 heterocycles. The zero-order valence-electron chi connectivity index (χ0n) is 7.41. The van der Waals surface area contributed by atoms with Gasteiger partial charge in [0.2, 0.25) is 0 Å². The van der Waals surface area contributed by atoms with Crippen LogP contribution in [-0.4, -0.2) is 13.2 Å². The summed E-state index contributed by atoms with van der Waals surface area (Å²) in [4.78, 5) is 1.99. The molecule has 13 heavy (non-hydrogen) atoms. The molecule has 0 aliphatic carbocycles. The van der Waals surface area contributed by atoms with Crippen molar-refractivity contribution in [3.05, 3.63) is 22.4 Å². The summed E-state index contributed by atoms with van der Waals surface area (Å²) < 4.78 is 5.35. The predicted octanol–water partition coefficient (Wildman–Crippen LogP) is 3.61. The van der Waals surface area contributed by atoms with Gasteiger partial charge >= 0.3 is 0 Å². The molecule has 0 spiro atoms. The highest BCUT2D eigenvalue weighted by Crippen LogP contribution is 2.38. The maximum atomic E-state index is 5.35. The Kier molecular flexibility index (Phi) is 3.41. The number of hydrogen-bond acceptors (Lipinski definition) is 2. The van der Waals surface area contributed by atoms with E-state index in [4.69, 9.17) is 4.74 Å². The third-order valence-corrected chi connectivity index (χ3v) is 4.99. The maximum Gasteiger partial charge on any atom is 0.0519 e. The summed E-state index contributed by atoms with van der Waals surface area (Å²) in [6.07, 6.45) is 2.38. The van der Waals surface area contributed by atoms with Crippen LogP contribution in [0.4, 0.5) is 0 Å². The first-order valence-corrected chi connectivity index (χ1v) is 6.42. The molecular weight excluding hydrogens is 248 g/mol. The highest BCUT2D eigenvalue weighted by molar-refractivity contribution is 9.09. The van der Waals surface area contributed by atoms with Crippen molar-refractivity contribution in [3.8, 4) is 0 Å². The molecule has 72 valence electrons. The number of hydrogen-bond donors (Lipinski definition) is 0. The molecule has 0 radical (unpaired) electrons. The lowest BCUT2D eigenvalue weighted by Gasteiger charge is -2.25. The molecule has 1 unspecified atom stereocenters. The molecule has 0 aromatic carbocycles. The van der Waals surface area contributed by atoms with Gasteiger partial charge in [0, 0.05) is 18.1 Å². The van der Waals surface area contributed by atoms with Gasteiger partial charge in [-0.3, -0.25) is 0 Å². The second-order valence-electron chi connectivity index (χ2n) is 3.37. The zero-order chi connectivity index (χ0) is 9.10. The average Bonchev–Trinajstić information content (AvgIpc) is 2.71. The lowest BCUT2D eigenvalue weighted by atomic mass is 9.96. The van der Waals surface area contributed by atoms with Crippen molar-refractivity contribution in [2.75, 3.05) is 13.2 Å². The van der Waals surface area contributed by atoms with Gasteiger partial charge in [0.1, 0.15) is 0 Å². The van der Waals surface area contributed by atoms with Gasteiger partial charge in [-0.2, -0.15) is 0 Å². The van der Waals surface area contributed by atoms with E-state index >= 15 is 0 Å². The summed E-state index contributed by atoms with van der Waals surface area (Å²) in [6, 6.07) is 4.33. The molecule has 0 bridgehead atoms. The van der Waals surface area contributed by atoms with Crippen LogP contribution in [0.5, 0.6) is 0 Å². The molecule has 0 saturated carbocycles. The van der Waals surface area contributed by atoms with Crippen LogP contribution in [0, 0.1) is 5.92 Å². The summed E-state index contributed by atoms with van der Waals surface area (Å²) in [5.74, 6) is 0.757. The standard InChI is InChI=1S/C10H13BrOS/c11-10(9-2-1-7-13-9)8-3-5-12-6-4-8/h1-2,7-8,10H,3-6H2.